The van der Waals surface area contributed by atoms with E-state index in [-0.39, 0.29) is 0 Å². The number of hydrogen-bond donors (Lipinski definition) is 0. The summed E-state index contributed by atoms with van der Waals surface area (Å²) in [6.07, 6.45) is 6.99. The van der Waals surface area contributed by atoms with Crippen molar-refractivity contribution in [2.45, 2.75) is 46.0 Å². The summed E-state index contributed by atoms with van der Waals surface area (Å²) in [6.45, 7) is 5.55. The van der Waals surface area contributed by atoms with Crippen molar-refractivity contribution in [3.8, 4) is 0 Å². The van der Waals surface area contributed by atoms with Crippen LogP contribution in [-0.2, 0) is 0 Å². The van der Waals surface area contributed by atoms with Crippen LogP contribution in [0.15, 0.2) is 48.5 Å². The molecule has 3 rings (SSSR count). The molecule has 0 N–H and O–H groups in total. The maximum Gasteiger partial charge on any atom is 0.0440 e. The molecule has 0 aliphatic heterocycles. The molecule has 22 heavy (non-hydrogen) atoms. The van der Waals surface area contributed by atoms with E-state index in [4.69, 9.17) is 0 Å². The SMILES string of the molecule is Cc1ccc(N(CC2CCCCC2)c2ccccc2)c(C)c1. The van der Waals surface area contributed by atoms with Gasteiger partial charge in [0.1, 0.15) is 0 Å². The Labute approximate surface area is 135 Å². The first-order chi connectivity index (χ1) is 10.7. The van der Waals surface area contributed by atoms with Gasteiger partial charge in [-0.1, -0.05) is 55.2 Å². The third-order valence-electron chi connectivity index (χ3n) is 4.88. The number of benzene rings is 2. The van der Waals surface area contributed by atoms with E-state index in [2.05, 4.69) is 67.3 Å². The molecule has 0 unspecified atom stereocenters. The van der Waals surface area contributed by atoms with E-state index in [1.165, 1.54) is 54.6 Å². The zero-order chi connectivity index (χ0) is 15.4. The van der Waals surface area contributed by atoms with Crippen LogP contribution < -0.4 is 4.90 Å². The smallest absolute Gasteiger partial charge is 0.0440 e. The van der Waals surface area contributed by atoms with E-state index in [1.54, 1.807) is 0 Å². The zero-order valence-corrected chi connectivity index (χ0v) is 13.9. The topological polar surface area (TPSA) is 3.24 Å². The van der Waals surface area contributed by atoms with E-state index >= 15 is 0 Å². The van der Waals surface area contributed by atoms with E-state index in [9.17, 15) is 0 Å². The van der Waals surface area contributed by atoms with Crippen molar-refractivity contribution in [2.75, 3.05) is 11.4 Å². The minimum Gasteiger partial charge on any atom is -0.341 e. The molecule has 1 nitrogen and oxygen atoms in total. The molecule has 0 atom stereocenters. The van der Waals surface area contributed by atoms with Crippen LogP contribution in [0.2, 0.25) is 0 Å². The van der Waals surface area contributed by atoms with Gasteiger partial charge in [-0.2, -0.15) is 0 Å². The van der Waals surface area contributed by atoms with Crippen LogP contribution in [0, 0.1) is 19.8 Å². The van der Waals surface area contributed by atoms with Crippen LogP contribution in [-0.4, -0.2) is 6.54 Å². The largest absolute Gasteiger partial charge is 0.341 e. The molecule has 2 aromatic rings. The number of rotatable bonds is 4. The lowest BCUT2D eigenvalue weighted by Crippen LogP contribution is -2.27. The highest BCUT2D eigenvalue weighted by Gasteiger charge is 2.19. The van der Waals surface area contributed by atoms with Crippen molar-refractivity contribution in [1.82, 2.24) is 0 Å². The Morgan fingerprint density at radius 2 is 1.64 bits per heavy atom. The number of nitrogens with zero attached hydrogens (tertiary/aromatic N) is 1. The summed E-state index contributed by atoms with van der Waals surface area (Å²) < 4.78 is 0. The second-order valence-corrected chi connectivity index (χ2v) is 6.74. The number of para-hydroxylation sites is 1. The number of aryl methyl sites for hydroxylation is 2. The standard InChI is InChI=1S/C21H27N/c1-17-13-14-21(18(2)15-17)22(20-11-7-4-8-12-20)16-19-9-5-3-6-10-19/h4,7-8,11-15,19H,3,5-6,9-10,16H2,1-2H3. The van der Waals surface area contributed by atoms with E-state index in [0.717, 1.165) is 12.5 Å². The molecular formula is C21H27N. The van der Waals surface area contributed by atoms with Crippen molar-refractivity contribution < 1.29 is 0 Å². The van der Waals surface area contributed by atoms with Gasteiger partial charge in [0.15, 0.2) is 0 Å². The summed E-state index contributed by atoms with van der Waals surface area (Å²) in [5, 5.41) is 0. The van der Waals surface area contributed by atoms with Gasteiger partial charge in [0.2, 0.25) is 0 Å². The van der Waals surface area contributed by atoms with Gasteiger partial charge in [-0.15, -0.1) is 0 Å². The molecule has 2 aromatic carbocycles. The molecule has 0 heterocycles. The van der Waals surface area contributed by atoms with Gasteiger partial charge >= 0.3 is 0 Å². The molecule has 0 aromatic heterocycles. The van der Waals surface area contributed by atoms with Crippen LogP contribution >= 0.6 is 0 Å². The molecule has 1 aliphatic carbocycles. The normalized spacial score (nSPS) is 15.7. The highest BCUT2D eigenvalue weighted by molar-refractivity contribution is 5.66. The van der Waals surface area contributed by atoms with Crippen LogP contribution in [0.1, 0.15) is 43.2 Å². The summed E-state index contributed by atoms with van der Waals surface area (Å²) in [7, 11) is 0. The monoisotopic (exact) mass is 293 g/mol. The lowest BCUT2D eigenvalue weighted by Gasteiger charge is -2.32. The first-order valence-corrected chi connectivity index (χ1v) is 8.64. The predicted octanol–water partition coefficient (Wildman–Crippen LogP) is 6.02. The second kappa shape index (κ2) is 7.00. The molecule has 0 bridgehead atoms. The highest BCUT2D eigenvalue weighted by atomic mass is 15.1. The minimum absolute atomic E-state index is 0.828. The molecule has 0 saturated heterocycles. The average Bonchev–Trinajstić information content (AvgIpc) is 2.55. The Morgan fingerprint density at radius 1 is 0.909 bits per heavy atom. The van der Waals surface area contributed by atoms with Crippen molar-refractivity contribution in [3.63, 3.8) is 0 Å². The van der Waals surface area contributed by atoms with E-state index in [0.29, 0.717) is 0 Å². The van der Waals surface area contributed by atoms with Gasteiger partial charge in [-0.05, 0) is 56.4 Å². The summed E-state index contributed by atoms with van der Waals surface area (Å²) in [5.41, 5.74) is 5.40. The highest BCUT2D eigenvalue weighted by Crippen LogP contribution is 2.33. The van der Waals surface area contributed by atoms with E-state index in [1.807, 2.05) is 0 Å². The second-order valence-electron chi connectivity index (χ2n) is 6.74. The van der Waals surface area contributed by atoms with Gasteiger partial charge in [0.05, 0.1) is 0 Å². The van der Waals surface area contributed by atoms with Crippen LogP contribution in [0.25, 0.3) is 0 Å². The van der Waals surface area contributed by atoms with Crippen molar-refractivity contribution in [1.29, 1.82) is 0 Å². The Bertz CT molecular complexity index is 597. The van der Waals surface area contributed by atoms with Crippen LogP contribution in [0.4, 0.5) is 11.4 Å². The van der Waals surface area contributed by atoms with Gasteiger partial charge in [-0.25, -0.2) is 0 Å². The number of hydrogen-bond acceptors (Lipinski definition) is 1. The summed E-state index contributed by atoms with van der Waals surface area (Å²) in [6, 6.07) is 17.7. The van der Waals surface area contributed by atoms with Crippen LogP contribution in [0.5, 0.6) is 0 Å². The molecule has 1 aliphatic rings. The van der Waals surface area contributed by atoms with E-state index < -0.39 is 0 Å². The first kappa shape index (κ1) is 15.1. The lowest BCUT2D eigenvalue weighted by molar-refractivity contribution is 0.365. The molecule has 0 radical (unpaired) electrons. The van der Waals surface area contributed by atoms with Crippen LogP contribution in [0.3, 0.4) is 0 Å². The van der Waals surface area contributed by atoms with Gasteiger partial charge in [-0.3, -0.25) is 0 Å². The molecule has 0 amide bonds. The summed E-state index contributed by atoms with van der Waals surface area (Å²) >= 11 is 0. The Hall–Kier alpha value is -1.76. The predicted molar refractivity (Wildman–Crippen MR) is 95.9 cm³/mol. The lowest BCUT2D eigenvalue weighted by atomic mass is 9.88. The van der Waals surface area contributed by atoms with Gasteiger partial charge < -0.3 is 4.90 Å². The first-order valence-electron chi connectivity index (χ1n) is 8.64. The molecule has 1 saturated carbocycles. The number of anilines is 2. The summed E-state index contributed by atoms with van der Waals surface area (Å²) in [4.78, 5) is 2.53. The average molecular weight is 293 g/mol. The molecule has 1 heteroatoms. The third-order valence-corrected chi connectivity index (χ3v) is 4.88. The maximum absolute atomic E-state index is 2.53. The Balaban J connectivity index is 1.91. The van der Waals surface area contributed by atoms with Crippen molar-refractivity contribution in [2.24, 2.45) is 5.92 Å². The van der Waals surface area contributed by atoms with Crippen molar-refractivity contribution >= 4 is 11.4 Å². The molecular weight excluding hydrogens is 266 g/mol. The Morgan fingerprint density at radius 3 is 2.32 bits per heavy atom. The minimum atomic E-state index is 0.828. The molecule has 116 valence electrons. The maximum atomic E-state index is 2.53. The fourth-order valence-electron chi connectivity index (χ4n) is 3.69. The van der Waals surface area contributed by atoms with Gasteiger partial charge in [0.25, 0.3) is 0 Å². The third kappa shape index (κ3) is 3.52. The Kier molecular flexibility index (Phi) is 4.82. The fraction of sp³-hybridized carbons (Fsp3) is 0.429. The fourth-order valence-corrected chi connectivity index (χ4v) is 3.69. The summed E-state index contributed by atoms with van der Waals surface area (Å²) in [5.74, 6) is 0.828. The quantitative estimate of drug-likeness (QED) is 0.666. The van der Waals surface area contributed by atoms with Gasteiger partial charge in [0, 0.05) is 17.9 Å². The zero-order valence-electron chi connectivity index (χ0n) is 13.9. The van der Waals surface area contributed by atoms with Crippen molar-refractivity contribution in [3.05, 3.63) is 59.7 Å². The molecule has 1 fully saturated rings. The molecule has 0 spiro atoms.